The van der Waals surface area contributed by atoms with Crippen molar-refractivity contribution in [3.63, 3.8) is 0 Å². The monoisotopic (exact) mass is 498 g/mol. The lowest BCUT2D eigenvalue weighted by atomic mass is 9.95. The van der Waals surface area contributed by atoms with Crippen molar-refractivity contribution in [1.29, 1.82) is 0 Å². The van der Waals surface area contributed by atoms with Gasteiger partial charge < -0.3 is 15.4 Å². The number of halogens is 1. The van der Waals surface area contributed by atoms with Gasteiger partial charge in [-0.2, -0.15) is 5.10 Å². The zero-order valence-electron chi connectivity index (χ0n) is 18.8. The second-order valence-electron chi connectivity index (χ2n) is 7.55. The molecule has 9 nitrogen and oxygen atoms in total. The minimum Gasteiger partial charge on any atom is -0.463 e. The smallest absolute Gasteiger partial charge is 0.338 e. The molecule has 3 aromatic rings. The number of nitrogens with one attached hydrogen (secondary N) is 2. The lowest BCUT2D eigenvalue weighted by molar-refractivity contribution is -0.139. The van der Waals surface area contributed by atoms with Crippen LogP contribution in [0.25, 0.3) is 5.82 Å². The van der Waals surface area contributed by atoms with Crippen molar-refractivity contribution in [3.05, 3.63) is 75.7 Å². The summed E-state index contributed by atoms with van der Waals surface area (Å²) in [4.78, 5) is 25.3. The van der Waals surface area contributed by atoms with Gasteiger partial charge in [-0.1, -0.05) is 35.5 Å². The van der Waals surface area contributed by atoms with Gasteiger partial charge in [0.1, 0.15) is 5.03 Å². The second-order valence-corrected chi connectivity index (χ2v) is 8.99. The molecule has 0 aliphatic carbocycles. The van der Waals surface area contributed by atoms with Gasteiger partial charge in [-0.05, 0) is 56.7 Å². The fraction of sp³-hybridized carbons (Fsp3) is 0.261. The topological polar surface area (TPSA) is 111 Å². The summed E-state index contributed by atoms with van der Waals surface area (Å²) in [5.41, 5.74) is 3.37. The number of benzene rings is 1. The van der Waals surface area contributed by atoms with Gasteiger partial charge in [0.15, 0.2) is 5.82 Å². The third kappa shape index (κ3) is 5.23. The molecule has 4 rings (SSSR count). The average Bonchev–Trinajstić information content (AvgIpc) is 3.16. The Hall–Kier alpha value is -3.37. The predicted octanol–water partition coefficient (Wildman–Crippen LogP) is 3.90. The number of ether oxygens (including phenoxy) is 1. The molecule has 11 heteroatoms. The molecule has 0 radical (unpaired) electrons. The van der Waals surface area contributed by atoms with Crippen LogP contribution in [0.5, 0.6) is 0 Å². The molecule has 1 unspecified atom stereocenters. The summed E-state index contributed by atoms with van der Waals surface area (Å²) in [5.74, 6) is 0.399. The highest BCUT2D eigenvalue weighted by molar-refractivity contribution is 7.99. The molecule has 1 aliphatic rings. The largest absolute Gasteiger partial charge is 0.463 e. The number of rotatable bonds is 7. The number of carbonyl (C=O) groups is 2. The molecule has 0 saturated carbocycles. The van der Waals surface area contributed by atoms with E-state index in [0.29, 0.717) is 32.9 Å². The Bertz CT molecular complexity index is 1240. The molecule has 3 heterocycles. The predicted molar refractivity (Wildman–Crippen MR) is 129 cm³/mol. The van der Waals surface area contributed by atoms with E-state index >= 15 is 0 Å². The van der Waals surface area contributed by atoms with Crippen LogP contribution in [0.15, 0.2) is 58.8 Å². The maximum absolute atomic E-state index is 12.9. The highest BCUT2D eigenvalue weighted by Crippen LogP contribution is 2.31. The van der Waals surface area contributed by atoms with Crippen molar-refractivity contribution in [2.75, 3.05) is 12.4 Å². The highest BCUT2D eigenvalue weighted by Gasteiger charge is 2.33. The molecule has 0 spiro atoms. The number of thioether (sulfide) groups is 1. The Morgan fingerprint density at radius 3 is 2.56 bits per heavy atom. The molecular formula is C23H23ClN6O3S. The van der Waals surface area contributed by atoms with Crippen molar-refractivity contribution in [3.8, 4) is 5.82 Å². The summed E-state index contributed by atoms with van der Waals surface area (Å²) in [6, 6.07) is 11.5. The van der Waals surface area contributed by atoms with Gasteiger partial charge in [-0.25, -0.2) is 14.3 Å². The molecule has 0 bridgehead atoms. The van der Waals surface area contributed by atoms with E-state index in [1.807, 2.05) is 32.0 Å². The van der Waals surface area contributed by atoms with Crippen molar-refractivity contribution in [1.82, 2.24) is 30.6 Å². The third-order valence-corrected chi connectivity index (χ3v) is 6.27. The normalized spacial score (nSPS) is 15.6. The van der Waals surface area contributed by atoms with E-state index in [1.54, 1.807) is 35.9 Å². The molecule has 2 aromatic heterocycles. The molecular weight excluding hydrogens is 476 g/mol. The van der Waals surface area contributed by atoms with Crippen LogP contribution in [0.2, 0.25) is 5.02 Å². The molecule has 34 heavy (non-hydrogen) atoms. The Labute approximate surface area is 205 Å². The number of carbonyl (C=O) groups excluding carboxylic acids is 2. The van der Waals surface area contributed by atoms with E-state index in [4.69, 9.17) is 16.3 Å². The summed E-state index contributed by atoms with van der Waals surface area (Å²) in [6.45, 7) is 5.81. The summed E-state index contributed by atoms with van der Waals surface area (Å²) in [6.07, 6.45) is 0. The zero-order chi connectivity index (χ0) is 24.2. The molecule has 0 saturated heterocycles. The fourth-order valence-corrected chi connectivity index (χ4v) is 4.51. The van der Waals surface area contributed by atoms with Crippen LogP contribution < -0.4 is 10.6 Å². The fourth-order valence-electron chi connectivity index (χ4n) is 3.60. The summed E-state index contributed by atoms with van der Waals surface area (Å²) < 4.78 is 7.02. The van der Waals surface area contributed by atoms with E-state index in [9.17, 15) is 9.59 Å². The number of aromatic nitrogens is 4. The Balaban J connectivity index is 1.59. The molecule has 0 fully saturated rings. The Kier molecular flexibility index (Phi) is 7.18. The lowest BCUT2D eigenvalue weighted by Gasteiger charge is -2.29. The molecule has 2 N–H and O–H groups in total. The van der Waals surface area contributed by atoms with Gasteiger partial charge in [0.05, 0.1) is 23.9 Å². The van der Waals surface area contributed by atoms with Gasteiger partial charge >= 0.3 is 12.0 Å². The molecule has 2 amide bonds. The van der Waals surface area contributed by atoms with Gasteiger partial charge in [-0.15, -0.1) is 10.2 Å². The van der Waals surface area contributed by atoms with E-state index in [2.05, 4.69) is 25.9 Å². The SMILES string of the molecule is CCOC(=O)C1=C(CSc2ccc(-n3nc(C)cc3C)nn2)NC(=O)NC1c1ccc(Cl)cc1. The van der Waals surface area contributed by atoms with Crippen LogP contribution in [0, 0.1) is 13.8 Å². The van der Waals surface area contributed by atoms with Crippen LogP contribution in [0.3, 0.4) is 0 Å². The summed E-state index contributed by atoms with van der Waals surface area (Å²) in [7, 11) is 0. The van der Waals surface area contributed by atoms with Crippen molar-refractivity contribution in [2.45, 2.75) is 31.8 Å². The summed E-state index contributed by atoms with van der Waals surface area (Å²) in [5, 5.41) is 19.7. The van der Waals surface area contributed by atoms with E-state index < -0.39 is 18.0 Å². The molecule has 1 aliphatic heterocycles. The molecule has 176 valence electrons. The number of amides is 2. The number of urea groups is 1. The lowest BCUT2D eigenvalue weighted by Crippen LogP contribution is -2.46. The Morgan fingerprint density at radius 2 is 1.94 bits per heavy atom. The maximum atomic E-state index is 12.9. The number of hydrogen-bond donors (Lipinski definition) is 2. The van der Waals surface area contributed by atoms with Crippen LogP contribution >= 0.6 is 23.4 Å². The van der Waals surface area contributed by atoms with E-state index in [-0.39, 0.29) is 6.61 Å². The number of esters is 1. The minimum atomic E-state index is -0.667. The Morgan fingerprint density at radius 1 is 1.18 bits per heavy atom. The first-order chi connectivity index (χ1) is 16.4. The third-order valence-electron chi connectivity index (χ3n) is 5.07. The minimum absolute atomic E-state index is 0.212. The number of hydrogen-bond acceptors (Lipinski definition) is 7. The highest BCUT2D eigenvalue weighted by atomic mass is 35.5. The van der Waals surface area contributed by atoms with Crippen LogP contribution in [-0.4, -0.2) is 44.3 Å². The zero-order valence-corrected chi connectivity index (χ0v) is 20.4. The summed E-state index contributed by atoms with van der Waals surface area (Å²) >= 11 is 7.36. The van der Waals surface area contributed by atoms with Crippen molar-refractivity contribution >= 4 is 35.4 Å². The van der Waals surface area contributed by atoms with Gasteiger partial charge in [0, 0.05) is 22.2 Å². The van der Waals surface area contributed by atoms with Gasteiger partial charge in [-0.3, -0.25) is 0 Å². The van der Waals surface area contributed by atoms with E-state index in [1.165, 1.54) is 11.8 Å². The number of aryl methyl sites for hydroxylation is 2. The first-order valence-corrected chi connectivity index (χ1v) is 12.0. The molecule has 1 atom stereocenters. The van der Waals surface area contributed by atoms with Crippen LogP contribution in [0.1, 0.15) is 29.9 Å². The maximum Gasteiger partial charge on any atom is 0.338 e. The molecule has 1 aromatic carbocycles. The van der Waals surface area contributed by atoms with Crippen molar-refractivity contribution in [2.24, 2.45) is 0 Å². The van der Waals surface area contributed by atoms with Crippen LogP contribution in [0.4, 0.5) is 4.79 Å². The standard InChI is InChI=1S/C23H23ClN6O3S/c1-4-33-22(31)20-17(25-23(32)26-21(20)15-5-7-16(24)8-6-15)12-34-19-10-9-18(27-28-19)30-14(3)11-13(2)29-30/h5-11,21H,4,12H2,1-3H3,(H2,25,26,32). The quantitative estimate of drug-likeness (QED) is 0.375. The van der Waals surface area contributed by atoms with Gasteiger partial charge in [0.2, 0.25) is 0 Å². The first kappa shape index (κ1) is 23.8. The van der Waals surface area contributed by atoms with Crippen LogP contribution in [-0.2, 0) is 9.53 Å². The van der Waals surface area contributed by atoms with Gasteiger partial charge in [0.25, 0.3) is 0 Å². The second kappa shape index (κ2) is 10.3. The van der Waals surface area contributed by atoms with Crippen molar-refractivity contribution < 1.29 is 14.3 Å². The van der Waals surface area contributed by atoms with E-state index in [0.717, 1.165) is 17.0 Å². The number of nitrogens with zero attached hydrogens (tertiary/aromatic N) is 4. The first-order valence-electron chi connectivity index (χ1n) is 10.6. The average molecular weight is 499 g/mol.